The van der Waals surface area contributed by atoms with Gasteiger partial charge in [-0.1, -0.05) is 0 Å². The highest BCUT2D eigenvalue weighted by Gasteiger charge is 2.19. The topological polar surface area (TPSA) is 90.5 Å². The lowest BCUT2D eigenvalue weighted by molar-refractivity contribution is -0.125. The number of rotatable bonds is 4. The highest BCUT2D eigenvalue weighted by atomic mass is 16.4. The van der Waals surface area contributed by atoms with Crippen molar-refractivity contribution in [2.75, 3.05) is 26.2 Å². The molecule has 86 valence electrons. The third kappa shape index (κ3) is 4.64. The van der Waals surface area contributed by atoms with Crippen molar-refractivity contribution in [1.29, 1.82) is 0 Å². The van der Waals surface area contributed by atoms with Gasteiger partial charge in [0.2, 0.25) is 5.91 Å². The number of nitrogens with one attached hydrogen (secondary N) is 3. The minimum atomic E-state index is -1.07. The molecule has 1 saturated heterocycles. The van der Waals surface area contributed by atoms with Crippen molar-refractivity contribution < 1.29 is 14.7 Å². The molecule has 0 bridgehead atoms. The molecule has 1 aliphatic rings. The summed E-state index contributed by atoms with van der Waals surface area (Å²) in [6.45, 7) is 2.30. The molecule has 1 aliphatic heterocycles. The van der Waals surface area contributed by atoms with Crippen LogP contribution in [-0.2, 0) is 4.79 Å². The summed E-state index contributed by atoms with van der Waals surface area (Å²) in [5, 5.41) is 16.3. The van der Waals surface area contributed by atoms with Gasteiger partial charge in [-0.25, -0.2) is 4.79 Å². The minimum absolute atomic E-state index is 0.00869. The zero-order chi connectivity index (χ0) is 11.1. The van der Waals surface area contributed by atoms with Crippen LogP contribution in [0.1, 0.15) is 12.8 Å². The molecular formula is C9H17N3O3. The van der Waals surface area contributed by atoms with E-state index in [1.54, 1.807) is 0 Å². The van der Waals surface area contributed by atoms with E-state index in [0.29, 0.717) is 6.54 Å². The standard InChI is InChI=1S/C9H17N3O3/c13-8(7-2-1-3-10-6-7)11-4-5-12-9(14)15/h7,10,12H,1-6H2,(H,11,13)(H,14,15)/t7-/m0/s1. The van der Waals surface area contributed by atoms with Gasteiger partial charge in [-0.15, -0.1) is 0 Å². The van der Waals surface area contributed by atoms with Crippen molar-refractivity contribution in [3.8, 4) is 0 Å². The second-order valence-electron chi connectivity index (χ2n) is 3.57. The van der Waals surface area contributed by atoms with E-state index < -0.39 is 6.09 Å². The van der Waals surface area contributed by atoms with E-state index in [-0.39, 0.29) is 18.4 Å². The van der Waals surface area contributed by atoms with Gasteiger partial charge in [0, 0.05) is 19.6 Å². The van der Waals surface area contributed by atoms with Crippen LogP contribution in [0.4, 0.5) is 4.79 Å². The summed E-state index contributed by atoms with van der Waals surface area (Å²) in [4.78, 5) is 21.6. The van der Waals surface area contributed by atoms with Crippen LogP contribution in [0.2, 0.25) is 0 Å². The van der Waals surface area contributed by atoms with Gasteiger partial charge in [0.15, 0.2) is 0 Å². The predicted octanol–water partition coefficient (Wildman–Crippen LogP) is -0.630. The third-order valence-electron chi connectivity index (χ3n) is 2.37. The van der Waals surface area contributed by atoms with Crippen LogP contribution in [0, 0.1) is 5.92 Å². The number of amides is 2. The molecule has 6 heteroatoms. The summed E-state index contributed by atoms with van der Waals surface area (Å²) >= 11 is 0. The molecule has 1 rings (SSSR count). The molecule has 0 aromatic rings. The van der Waals surface area contributed by atoms with Gasteiger partial charge in [-0.3, -0.25) is 4.79 Å². The van der Waals surface area contributed by atoms with E-state index in [1.165, 1.54) is 0 Å². The SMILES string of the molecule is O=C(O)NCCNC(=O)[C@H]1CCCNC1. The van der Waals surface area contributed by atoms with E-state index >= 15 is 0 Å². The molecule has 4 N–H and O–H groups in total. The Morgan fingerprint density at radius 2 is 2.07 bits per heavy atom. The summed E-state index contributed by atoms with van der Waals surface area (Å²) in [5.74, 6) is 0.0398. The number of piperidine rings is 1. The van der Waals surface area contributed by atoms with Gasteiger partial charge in [0.25, 0.3) is 0 Å². The molecule has 0 aromatic heterocycles. The maximum atomic E-state index is 11.5. The van der Waals surface area contributed by atoms with Crippen molar-refractivity contribution in [2.24, 2.45) is 5.92 Å². The molecule has 1 fully saturated rings. The molecule has 0 radical (unpaired) electrons. The Bertz CT molecular complexity index is 227. The first-order valence-electron chi connectivity index (χ1n) is 5.15. The molecule has 1 heterocycles. The van der Waals surface area contributed by atoms with Crippen molar-refractivity contribution in [2.45, 2.75) is 12.8 Å². The lowest BCUT2D eigenvalue weighted by Gasteiger charge is -2.21. The average molecular weight is 215 g/mol. The largest absolute Gasteiger partial charge is 0.465 e. The van der Waals surface area contributed by atoms with E-state index in [4.69, 9.17) is 5.11 Å². The normalized spacial score (nSPS) is 20.7. The minimum Gasteiger partial charge on any atom is -0.465 e. The fourth-order valence-electron chi connectivity index (χ4n) is 1.58. The van der Waals surface area contributed by atoms with Gasteiger partial charge < -0.3 is 21.1 Å². The van der Waals surface area contributed by atoms with Crippen molar-refractivity contribution in [1.82, 2.24) is 16.0 Å². The lowest BCUT2D eigenvalue weighted by Crippen LogP contribution is -2.42. The molecule has 1 atom stereocenters. The van der Waals surface area contributed by atoms with Gasteiger partial charge in [0.1, 0.15) is 0 Å². The molecule has 2 amide bonds. The predicted molar refractivity (Wildman–Crippen MR) is 54.6 cm³/mol. The van der Waals surface area contributed by atoms with E-state index in [2.05, 4.69) is 16.0 Å². The average Bonchev–Trinajstić information content (AvgIpc) is 2.25. The Kier molecular flexibility index (Phi) is 4.89. The van der Waals surface area contributed by atoms with Gasteiger partial charge in [0.05, 0.1) is 5.92 Å². The summed E-state index contributed by atoms with van der Waals surface area (Å²) < 4.78 is 0. The highest BCUT2D eigenvalue weighted by molar-refractivity contribution is 5.79. The molecule has 0 saturated carbocycles. The van der Waals surface area contributed by atoms with Crippen LogP contribution in [0.5, 0.6) is 0 Å². The second kappa shape index (κ2) is 6.23. The highest BCUT2D eigenvalue weighted by Crippen LogP contribution is 2.09. The Labute approximate surface area is 88.4 Å². The Morgan fingerprint density at radius 3 is 2.67 bits per heavy atom. The van der Waals surface area contributed by atoms with Gasteiger partial charge in [-0.2, -0.15) is 0 Å². The number of hydrogen-bond acceptors (Lipinski definition) is 3. The fourth-order valence-corrected chi connectivity index (χ4v) is 1.58. The van der Waals surface area contributed by atoms with Crippen LogP contribution in [-0.4, -0.2) is 43.3 Å². The van der Waals surface area contributed by atoms with Crippen LogP contribution in [0.3, 0.4) is 0 Å². The van der Waals surface area contributed by atoms with E-state index in [9.17, 15) is 9.59 Å². The van der Waals surface area contributed by atoms with Crippen LogP contribution in [0.15, 0.2) is 0 Å². The number of hydrogen-bond donors (Lipinski definition) is 4. The molecule has 0 aromatic carbocycles. The Balaban J connectivity index is 2.09. The summed E-state index contributed by atoms with van der Waals surface area (Å²) in [6, 6.07) is 0. The monoisotopic (exact) mass is 215 g/mol. The molecule has 15 heavy (non-hydrogen) atoms. The summed E-state index contributed by atoms with van der Waals surface area (Å²) in [6.07, 6.45) is 0.861. The lowest BCUT2D eigenvalue weighted by atomic mass is 9.99. The molecule has 0 spiro atoms. The van der Waals surface area contributed by atoms with Crippen LogP contribution in [0.25, 0.3) is 0 Å². The molecular weight excluding hydrogens is 198 g/mol. The first-order chi connectivity index (χ1) is 7.20. The Morgan fingerprint density at radius 1 is 1.33 bits per heavy atom. The van der Waals surface area contributed by atoms with Crippen molar-refractivity contribution >= 4 is 12.0 Å². The second-order valence-corrected chi connectivity index (χ2v) is 3.57. The van der Waals surface area contributed by atoms with Crippen molar-refractivity contribution in [3.63, 3.8) is 0 Å². The molecule has 0 unspecified atom stereocenters. The zero-order valence-electron chi connectivity index (χ0n) is 8.58. The molecule has 0 aliphatic carbocycles. The fraction of sp³-hybridized carbons (Fsp3) is 0.778. The quantitative estimate of drug-likeness (QED) is 0.470. The van der Waals surface area contributed by atoms with E-state index in [1.807, 2.05) is 0 Å². The maximum Gasteiger partial charge on any atom is 0.404 e. The van der Waals surface area contributed by atoms with Crippen LogP contribution < -0.4 is 16.0 Å². The Hall–Kier alpha value is -1.30. The number of carbonyl (C=O) groups is 2. The number of carboxylic acid groups (broad SMARTS) is 1. The van der Waals surface area contributed by atoms with E-state index in [0.717, 1.165) is 25.9 Å². The summed E-state index contributed by atoms with van der Waals surface area (Å²) in [7, 11) is 0. The zero-order valence-corrected chi connectivity index (χ0v) is 8.58. The first-order valence-corrected chi connectivity index (χ1v) is 5.15. The molecule has 6 nitrogen and oxygen atoms in total. The first kappa shape index (κ1) is 11.8. The van der Waals surface area contributed by atoms with Gasteiger partial charge >= 0.3 is 6.09 Å². The third-order valence-corrected chi connectivity index (χ3v) is 2.37. The van der Waals surface area contributed by atoms with Crippen LogP contribution >= 0.6 is 0 Å². The number of carbonyl (C=O) groups excluding carboxylic acids is 1. The van der Waals surface area contributed by atoms with Crippen molar-refractivity contribution in [3.05, 3.63) is 0 Å². The maximum absolute atomic E-state index is 11.5. The summed E-state index contributed by atoms with van der Waals surface area (Å²) in [5.41, 5.74) is 0. The van der Waals surface area contributed by atoms with Gasteiger partial charge in [-0.05, 0) is 19.4 Å². The smallest absolute Gasteiger partial charge is 0.404 e.